The maximum atomic E-state index is 12.3. The molecular weight excluding hydrogens is 394 g/mol. The van der Waals surface area contributed by atoms with Gasteiger partial charge >= 0.3 is 0 Å². The first kappa shape index (κ1) is 18.9. The number of nitro groups is 1. The van der Waals surface area contributed by atoms with Crippen LogP contribution in [0.5, 0.6) is 0 Å². The van der Waals surface area contributed by atoms with E-state index in [1.165, 1.54) is 17.0 Å². The number of halogens is 1. The molecule has 2 aromatic carbocycles. The molecule has 2 aromatic rings. The molecule has 1 saturated heterocycles. The molecule has 0 radical (unpaired) electrons. The van der Waals surface area contributed by atoms with Crippen LogP contribution in [0.2, 0.25) is 5.02 Å². The molecule has 0 aliphatic carbocycles. The second kappa shape index (κ2) is 7.77. The van der Waals surface area contributed by atoms with Crippen LogP contribution in [0.15, 0.2) is 42.5 Å². The van der Waals surface area contributed by atoms with E-state index in [0.29, 0.717) is 5.69 Å². The molecule has 1 aliphatic heterocycles. The lowest BCUT2D eigenvalue weighted by molar-refractivity contribution is -0.384. The number of thioether (sulfide) groups is 1. The number of nitrogens with zero attached hydrogens (tertiary/aromatic N) is 2. The molecule has 0 aromatic heterocycles. The van der Waals surface area contributed by atoms with E-state index in [9.17, 15) is 24.5 Å². The molecule has 10 heteroatoms. The van der Waals surface area contributed by atoms with Crippen molar-refractivity contribution in [1.82, 2.24) is 4.90 Å². The van der Waals surface area contributed by atoms with E-state index in [1.54, 1.807) is 24.3 Å². The zero-order valence-corrected chi connectivity index (χ0v) is 15.2. The first-order chi connectivity index (χ1) is 12.8. The van der Waals surface area contributed by atoms with Crippen molar-refractivity contribution >= 4 is 51.8 Å². The van der Waals surface area contributed by atoms with Crippen LogP contribution in [0.25, 0.3) is 0 Å². The lowest BCUT2D eigenvalue weighted by Gasteiger charge is -2.13. The molecule has 138 valence electrons. The molecular formula is C17H12ClN3O5S. The van der Waals surface area contributed by atoms with Crippen LogP contribution < -0.4 is 5.32 Å². The van der Waals surface area contributed by atoms with E-state index < -0.39 is 10.8 Å². The molecule has 3 amide bonds. The minimum Gasteiger partial charge on any atom is -0.322 e. The number of carbonyl (C=O) groups is 3. The van der Waals surface area contributed by atoms with E-state index in [2.05, 4.69) is 5.32 Å². The zero-order chi connectivity index (χ0) is 19.6. The minimum atomic E-state index is -0.610. The number of amides is 3. The highest BCUT2D eigenvalue weighted by Crippen LogP contribution is 2.24. The van der Waals surface area contributed by atoms with Gasteiger partial charge in [0.1, 0.15) is 0 Å². The highest BCUT2D eigenvalue weighted by molar-refractivity contribution is 8.14. The summed E-state index contributed by atoms with van der Waals surface area (Å²) in [5, 5.41) is 13.3. The molecule has 1 aliphatic rings. The van der Waals surface area contributed by atoms with Crippen molar-refractivity contribution in [3.05, 3.63) is 68.7 Å². The van der Waals surface area contributed by atoms with Crippen molar-refractivity contribution in [2.75, 3.05) is 11.1 Å². The average Bonchev–Trinajstić information content (AvgIpc) is 2.95. The monoisotopic (exact) mass is 405 g/mol. The Morgan fingerprint density at radius 2 is 1.93 bits per heavy atom. The maximum Gasteiger partial charge on any atom is 0.289 e. The predicted octanol–water partition coefficient (Wildman–Crippen LogP) is 3.70. The molecule has 27 heavy (non-hydrogen) atoms. The van der Waals surface area contributed by atoms with E-state index in [4.69, 9.17) is 11.6 Å². The van der Waals surface area contributed by atoms with Gasteiger partial charge in [-0.2, -0.15) is 0 Å². The molecule has 8 nitrogen and oxygen atoms in total. The molecule has 0 atom stereocenters. The molecule has 0 bridgehead atoms. The third-order valence-corrected chi connectivity index (χ3v) is 4.99. The minimum absolute atomic E-state index is 0.0137. The number of hydrogen-bond acceptors (Lipinski definition) is 6. The average molecular weight is 406 g/mol. The summed E-state index contributed by atoms with van der Waals surface area (Å²) in [6, 6.07) is 10.2. The molecule has 3 rings (SSSR count). The summed E-state index contributed by atoms with van der Waals surface area (Å²) >= 11 is 6.92. The number of anilines is 1. The number of nitrogens with one attached hydrogen (secondary N) is 1. The summed E-state index contributed by atoms with van der Waals surface area (Å²) < 4.78 is 0. The molecule has 0 saturated carbocycles. The third-order valence-electron chi connectivity index (χ3n) is 3.80. The third kappa shape index (κ3) is 4.26. The zero-order valence-electron chi connectivity index (χ0n) is 13.7. The number of benzene rings is 2. The van der Waals surface area contributed by atoms with Crippen molar-refractivity contribution in [3.8, 4) is 0 Å². The van der Waals surface area contributed by atoms with Gasteiger partial charge < -0.3 is 5.32 Å². The maximum absolute atomic E-state index is 12.3. The van der Waals surface area contributed by atoms with Gasteiger partial charge in [0.05, 0.1) is 27.8 Å². The number of nitro benzene ring substituents is 1. The largest absolute Gasteiger partial charge is 0.322 e. The van der Waals surface area contributed by atoms with Crippen LogP contribution in [0, 0.1) is 10.1 Å². The van der Waals surface area contributed by atoms with E-state index >= 15 is 0 Å². The van der Waals surface area contributed by atoms with Crippen molar-refractivity contribution in [2.24, 2.45) is 0 Å². The number of rotatable bonds is 5. The fourth-order valence-electron chi connectivity index (χ4n) is 2.41. The van der Waals surface area contributed by atoms with Crippen LogP contribution in [0.4, 0.5) is 16.2 Å². The van der Waals surface area contributed by atoms with Gasteiger partial charge in [0, 0.05) is 17.8 Å². The number of imide groups is 1. The number of non-ortho nitro benzene ring substituents is 1. The highest BCUT2D eigenvalue weighted by atomic mass is 35.5. The SMILES string of the molecule is O=C(Nc1ccc(CN2C(=O)CSC2=O)cc1)c1cc([N+](=O)[O-])ccc1Cl. The van der Waals surface area contributed by atoms with Gasteiger partial charge in [-0.05, 0) is 23.8 Å². The van der Waals surface area contributed by atoms with Gasteiger partial charge in [0.2, 0.25) is 5.91 Å². The molecule has 1 heterocycles. The smallest absolute Gasteiger partial charge is 0.289 e. The second-order valence-corrected chi connectivity index (χ2v) is 6.94. The standard InChI is InChI=1S/C17H12ClN3O5S/c18-14-6-5-12(21(25)26)7-13(14)16(23)19-11-3-1-10(2-4-11)8-20-15(22)9-27-17(20)24/h1-7H,8-9H2,(H,19,23). The Morgan fingerprint density at radius 1 is 1.22 bits per heavy atom. The topological polar surface area (TPSA) is 110 Å². The van der Waals surface area contributed by atoms with Gasteiger partial charge in [-0.1, -0.05) is 35.5 Å². The number of hydrogen-bond donors (Lipinski definition) is 1. The first-order valence-corrected chi connectivity index (χ1v) is 9.03. The summed E-state index contributed by atoms with van der Waals surface area (Å²) in [7, 11) is 0. The Labute approximate surface area is 162 Å². The Hall–Kier alpha value is -2.91. The van der Waals surface area contributed by atoms with Crippen LogP contribution in [-0.2, 0) is 11.3 Å². The van der Waals surface area contributed by atoms with Crippen molar-refractivity contribution in [1.29, 1.82) is 0 Å². The van der Waals surface area contributed by atoms with Gasteiger partial charge in [-0.25, -0.2) is 0 Å². The van der Waals surface area contributed by atoms with E-state index in [-0.39, 0.29) is 39.7 Å². The molecule has 1 fully saturated rings. The summed E-state index contributed by atoms with van der Waals surface area (Å²) in [5.41, 5.74) is 0.920. The summed E-state index contributed by atoms with van der Waals surface area (Å²) in [5.74, 6) is -0.669. The van der Waals surface area contributed by atoms with Crippen molar-refractivity contribution in [3.63, 3.8) is 0 Å². The van der Waals surface area contributed by atoms with Crippen molar-refractivity contribution in [2.45, 2.75) is 6.54 Å². The summed E-state index contributed by atoms with van der Waals surface area (Å²) in [4.78, 5) is 47.0. The van der Waals surface area contributed by atoms with Gasteiger partial charge in [-0.3, -0.25) is 29.4 Å². The Bertz CT molecular complexity index is 932. The van der Waals surface area contributed by atoms with E-state index in [1.807, 2.05) is 0 Å². The second-order valence-electron chi connectivity index (χ2n) is 5.61. The Morgan fingerprint density at radius 3 is 2.52 bits per heavy atom. The van der Waals surface area contributed by atoms with Gasteiger partial charge in [0.15, 0.2) is 0 Å². The quantitative estimate of drug-likeness (QED) is 0.600. The van der Waals surface area contributed by atoms with Crippen molar-refractivity contribution < 1.29 is 19.3 Å². The lowest BCUT2D eigenvalue weighted by Crippen LogP contribution is -2.27. The van der Waals surface area contributed by atoms with E-state index in [0.717, 1.165) is 23.4 Å². The van der Waals surface area contributed by atoms with Gasteiger partial charge in [0.25, 0.3) is 16.8 Å². The van der Waals surface area contributed by atoms with Crippen LogP contribution in [0.1, 0.15) is 15.9 Å². The van der Waals surface area contributed by atoms with Crippen LogP contribution in [-0.4, -0.2) is 32.6 Å². The number of carbonyl (C=O) groups excluding carboxylic acids is 3. The predicted molar refractivity (Wildman–Crippen MR) is 101 cm³/mol. The van der Waals surface area contributed by atoms with Gasteiger partial charge in [-0.15, -0.1) is 0 Å². The molecule has 0 unspecified atom stereocenters. The summed E-state index contributed by atoms with van der Waals surface area (Å²) in [6.07, 6.45) is 0. The lowest BCUT2D eigenvalue weighted by atomic mass is 10.1. The summed E-state index contributed by atoms with van der Waals surface area (Å²) in [6.45, 7) is 0.162. The highest BCUT2D eigenvalue weighted by Gasteiger charge is 2.29. The van der Waals surface area contributed by atoms with Crippen LogP contribution >= 0.6 is 23.4 Å². The van der Waals surface area contributed by atoms with Crippen LogP contribution in [0.3, 0.4) is 0 Å². The fourth-order valence-corrected chi connectivity index (χ4v) is 3.34. The molecule has 1 N–H and O–H groups in total. The Balaban J connectivity index is 1.70. The first-order valence-electron chi connectivity index (χ1n) is 7.66. The Kier molecular flexibility index (Phi) is 5.43. The fraction of sp³-hybridized carbons (Fsp3) is 0.118. The molecule has 0 spiro atoms. The normalized spacial score (nSPS) is 13.7.